The van der Waals surface area contributed by atoms with Gasteiger partial charge in [0, 0.05) is 47.4 Å². The van der Waals surface area contributed by atoms with Gasteiger partial charge in [-0.05, 0) is 48.4 Å². The van der Waals surface area contributed by atoms with E-state index in [4.69, 9.17) is 39.1 Å². The highest BCUT2D eigenvalue weighted by molar-refractivity contribution is 7.89. The maximum absolute atomic E-state index is 13.7. The van der Waals surface area contributed by atoms with Gasteiger partial charge in [-0.25, -0.2) is 23.0 Å². The van der Waals surface area contributed by atoms with E-state index in [-0.39, 0.29) is 50.1 Å². The van der Waals surface area contributed by atoms with Gasteiger partial charge >= 0.3 is 12.1 Å². The van der Waals surface area contributed by atoms with Crippen molar-refractivity contribution in [2.75, 3.05) is 32.8 Å². The normalized spacial score (nSPS) is 13.5. The van der Waals surface area contributed by atoms with Crippen LogP contribution in [0.2, 0.25) is 10.0 Å². The molecule has 14 heteroatoms. The number of nitrogen functional groups attached to an aromatic ring is 1. The second-order valence-corrected chi connectivity index (χ2v) is 11.9. The Hall–Kier alpha value is -3.84. The highest BCUT2D eigenvalue weighted by Crippen LogP contribution is 2.31. The van der Waals surface area contributed by atoms with Crippen molar-refractivity contribution in [2.45, 2.75) is 18.4 Å². The summed E-state index contributed by atoms with van der Waals surface area (Å²) in [6.07, 6.45) is -0.469. The lowest BCUT2D eigenvalue weighted by Gasteiger charge is -2.37. The number of nitrogens with two attached hydrogens (primary N) is 1. The highest BCUT2D eigenvalue weighted by Gasteiger charge is 2.31. The largest absolute Gasteiger partial charge is 0.450 e. The second kappa shape index (κ2) is 13.4. The molecule has 3 aromatic rings. The summed E-state index contributed by atoms with van der Waals surface area (Å²) in [5, 5.41) is 9.53. The first-order valence-electron chi connectivity index (χ1n) is 13.0. The summed E-state index contributed by atoms with van der Waals surface area (Å²) in [5.74, 6) is -0.164. The Kier molecular flexibility index (Phi) is 9.94. The standard InChI is InChI=1S/C28H30Cl2N6O5S/c1-2-41-28(38)35-13-11-34(12-14-35)27(37)36(18-19-5-3-7-21(15-19)26(31)32)33-42(39,40)23-8-4-6-20(16-23)24-10-9-22(29)17-25(24)30/h3-10,15-17,33H,2,11-14,18H2,1H3,(H3,31,32). The van der Waals surface area contributed by atoms with Crippen LogP contribution in [-0.4, -0.2) is 74.0 Å². The number of urea groups is 1. The molecule has 0 saturated carbocycles. The molecule has 4 N–H and O–H groups in total. The number of carbonyl (C=O) groups is 2. The van der Waals surface area contributed by atoms with Crippen molar-refractivity contribution in [3.05, 3.63) is 87.9 Å². The molecule has 4 rings (SSSR count). The Bertz CT molecular complexity index is 1600. The quantitative estimate of drug-likeness (QED) is 0.189. The smallest absolute Gasteiger partial charge is 0.409 e. The molecule has 1 saturated heterocycles. The number of sulfonamides is 1. The minimum atomic E-state index is -4.26. The topological polar surface area (TPSA) is 149 Å². The predicted molar refractivity (Wildman–Crippen MR) is 161 cm³/mol. The van der Waals surface area contributed by atoms with Crippen molar-refractivity contribution in [3.8, 4) is 11.1 Å². The Balaban J connectivity index is 1.61. The van der Waals surface area contributed by atoms with E-state index >= 15 is 0 Å². The fourth-order valence-electron chi connectivity index (χ4n) is 4.38. The number of nitrogens with one attached hydrogen (secondary N) is 2. The van der Waals surface area contributed by atoms with E-state index in [0.717, 1.165) is 5.01 Å². The molecule has 1 heterocycles. The summed E-state index contributed by atoms with van der Waals surface area (Å²) in [4.78, 5) is 31.1. The molecule has 222 valence electrons. The monoisotopic (exact) mass is 632 g/mol. The van der Waals surface area contributed by atoms with E-state index in [0.29, 0.717) is 32.3 Å². The minimum Gasteiger partial charge on any atom is -0.450 e. The van der Waals surface area contributed by atoms with E-state index in [9.17, 15) is 18.0 Å². The van der Waals surface area contributed by atoms with E-state index in [1.165, 1.54) is 21.9 Å². The molecule has 3 aromatic carbocycles. The van der Waals surface area contributed by atoms with Crippen LogP contribution in [0.1, 0.15) is 18.1 Å². The van der Waals surface area contributed by atoms with Crippen LogP contribution >= 0.6 is 23.2 Å². The summed E-state index contributed by atoms with van der Waals surface area (Å²) in [5.41, 5.74) is 7.74. The van der Waals surface area contributed by atoms with Gasteiger partial charge in [-0.15, -0.1) is 4.83 Å². The predicted octanol–water partition coefficient (Wildman–Crippen LogP) is 4.53. The number of piperazine rings is 1. The molecule has 3 amide bonds. The first kappa shape index (κ1) is 31.1. The van der Waals surface area contributed by atoms with Crippen molar-refractivity contribution in [1.82, 2.24) is 19.6 Å². The molecule has 0 radical (unpaired) electrons. The van der Waals surface area contributed by atoms with Crippen LogP contribution in [-0.2, 0) is 21.3 Å². The molecular formula is C28H30Cl2N6O5S. The maximum atomic E-state index is 13.7. The van der Waals surface area contributed by atoms with Crippen molar-refractivity contribution in [3.63, 3.8) is 0 Å². The van der Waals surface area contributed by atoms with E-state index in [1.54, 1.807) is 61.5 Å². The lowest BCUT2D eigenvalue weighted by molar-refractivity contribution is 0.0761. The van der Waals surface area contributed by atoms with E-state index < -0.39 is 22.1 Å². The molecule has 0 unspecified atom stereocenters. The highest BCUT2D eigenvalue weighted by atomic mass is 35.5. The minimum absolute atomic E-state index is 0.0894. The Labute approximate surface area is 254 Å². The Morgan fingerprint density at radius 3 is 2.36 bits per heavy atom. The van der Waals surface area contributed by atoms with Crippen LogP contribution in [0.25, 0.3) is 11.1 Å². The van der Waals surface area contributed by atoms with Crippen LogP contribution in [0, 0.1) is 5.41 Å². The summed E-state index contributed by atoms with van der Waals surface area (Å²) in [7, 11) is -4.26. The van der Waals surface area contributed by atoms with Gasteiger partial charge < -0.3 is 20.3 Å². The van der Waals surface area contributed by atoms with E-state index in [1.807, 2.05) is 0 Å². The molecule has 0 bridgehead atoms. The van der Waals surface area contributed by atoms with E-state index in [2.05, 4.69) is 4.83 Å². The average Bonchev–Trinajstić information content (AvgIpc) is 2.97. The summed E-state index contributed by atoms with van der Waals surface area (Å²) < 4.78 is 32.3. The van der Waals surface area contributed by atoms with Crippen LogP contribution in [0.3, 0.4) is 0 Å². The van der Waals surface area contributed by atoms with Gasteiger partial charge in [0.2, 0.25) is 0 Å². The van der Waals surface area contributed by atoms with Crippen molar-refractivity contribution < 1.29 is 22.7 Å². The molecule has 0 aromatic heterocycles. The summed E-state index contributed by atoms with van der Waals surface area (Å²) in [6.45, 7) is 2.60. The number of ether oxygens (including phenoxy) is 1. The van der Waals surface area contributed by atoms with Crippen LogP contribution < -0.4 is 10.6 Å². The lowest BCUT2D eigenvalue weighted by Crippen LogP contribution is -2.57. The zero-order valence-corrected chi connectivity index (χ0v) is 25.0. The third-order valence-electron chi connectivity index (χ3n) is 6.50. The number of rotatable bonds is 8. The Morgan fingerprint density at radius 2 is 1.69 bits per heavy atom. The number of hydrogen-bond acceptors (Lipinski definition) is 6. The molecular weight excluding hydrogens is 603 g/mol. The zero-order valence-electron chi connectivity index (χ0n) is 22.7. The third-order valence-corrected chi connectivity index (χ3v) is 8.39. The SMILES string of the molecule is CCOC(=O)N1CCN(C(=O)N(Cc2cccc(C(=N)N)c2)NS(=O)(=O)c2cccc(-c3ccc(Cl)cc3Cl)c2)CC1. The van der Waals surface area contributed by atoms with Crippen LogP contribution in [0.4, 0.5) is 9.59 Å². The van der Waals surface area contributed by atoms with Crippen LogP contribution in [0.15, 0.2) is 71.6 Å². The second-order valence-electron chi connectivity index (χ2n) is 9.40. The number of nitrogens with zero attached hydrogens (tertiary/aromatic N) is 3. The van der Waals surface area contributed by atoms with Gasteiger partial charge in [0.05, 0.1) is 18.0 Å². The van der Waals surface area contributed by atoms with Crippen LogP contribution in [0.5, 0.6) is 0 Å². The molecule has 0 spiro atoms. The molecule has 1 fully saturated rings. The molecule has 1 aliphatic heterocycles. The third kappa shape index (κ3) is 7.51. The number of amides is 3. The number of hydrazine groups is 1. The Morgan fingerprint density at radius 1 is 1.00 bits per heavy atom. The van der Waals surface area contributed by atoms with Gasteiger partial charge in [0.15, 0.2) is 0 Å². The average molecular weight is 634 g/mol. The first-order chi connectivity index (χ1) is 20.0. The number of amidine groups is 1. The van der Waals surface area contributed by atoms with Crippen molar-refractivity contribution in [1.29, 1.82) is 5.41 Å². The molecule has 0 aliphatic carbocycles. The zero-order chi connectivity index (χ0) is 30.4. The maximum Gasteiger partial charge on any atom is 0.409 e. The number of hydrogen-bond donors (Lipinski definition) is 3. The fraction of sp³-hybridized carbons (Fsp3) is 0.250. The summed E-state index contributed by atoms with van der Waals surface area (Å²) >= 11 is 12.4. The fourth-order valence-corrected chi connectivity index (χ4v) is 5.97. The van der Waals surface area contributed by atoms with Crippen molar-refractivity contribution in [2.24, 2.45) is 5.73 Å². The summed E-state index contributed by atoms with van der Waals surface area (Å²) in [6, 6.07) is 17.1. The van der Waals surface area contributed by atoms with Crippen molar-refractivity contribution >= 4 is 51.2 Å². The molecule has 11 nitrogen and oxygen atoms in total. The van der Waals surface area contributed by atoms with Gasteiger partial charge in [0.25, 0.3) is 10.0 Å². The molecule has 42 heavy (non-hydrogen) atoms. The lowest BCUT2D eigenvalue weighted by atomic mass is 10.1. The number of halogens is 2. The van der Waals surface area contributed by atoms with Gasteiger partial charge in [0.1, 0.15) is 5.84 Å². The van der Waals surface area contributed by atoms with Gasteiger partial charge in [-0.1, -0.05) is 59.6 Å². The van der Waals surface area contributed by atoms with Gasteiger partial charge in [-0.3, -0.25) is 5.41 Å². The molecule has 1 aliphatic rings. The van der Waals surface area contributed by atoms with Gasteiger partial charge in [-0.2, -0.15) is 0 Å². The number of benzene rings is 3. The number of carbonyl (C=O) groups excluding carboxylic acids is 2. The first-order valence-corrected chi connectivity index (χ1v) is 15.2. The molecule has 0 atom stereocenters.